The number of hydrogen-bond donors (Lipinski definition) is 3. The molecular weight excluding hydrogens is 496 g/mol. The Hall–Kier alpha value is -3.50. The predicted molar refractivity (Wildman–Crippen MR) is 135 cm³/mol. The molecule has 3 fully saturated rings. The summed E-state index contributed by atoms with van der Waals surface area (Å²) in [6.45, 7) is 3.86. The average Bonchev–Trinajstić information content (AvgIpc) is 3.27. The van der Waals surface area contributed by atoms with Crippen LogP contribution in [0, 0.1) is 23.0 Å². The Bertz CT molecular complexity index is 1340. The van der Waals surface area contributed by atoms with E-state index >= 15 is 0 Å². The first-order chi connectivity index (χ1) is 17.8. The van der Waals surface area contributed by atoms with Gasteiger partial charge in [-0.15, -0.1) is 0 Å². The molecule has 38 heavy (non-hydrogen) atoms. The molecule has 9 nitrogen and oxygen atoms in total. The van der Waals surface area contributed by atoms with Crippen LogP contribution in [0.4, 0.5) is 8.78 Å². The smallest absolute Gasteiger partial charge is 0.270 e. The Labute approximate surface area is 219 Å². The number of carbonyl (C=O) groups excluding carboxylic acids is 4. The number of hydrogen-bond acceptors (Lipinski definition) is 4. The lowest BCUT2D eigenvalue weighted by molar-refractivity contribution is -0.142. The normalized spacial score (nSPS) is 24.7. The number of primary amides is 1. The topological polar surface area (TPSA) is 129 Å². The van der Waals surface area contributed by atoms with Crippen molar-refractivity contribution < 1.29 is 28.0 Å². The van der Waals surface area contributed by atoms with E-state index in [1.54, 1.807) is 0 Å². The molecule has 0 bridgehead atoms. The van der Waals surface area contributed by atoms with Gasteiger partial charge in [0.05, 0.1) is 10.9 Å². The number of likely N-dealkylation sites (tertiary alicyclic amines) is 1. The van der Waals surface area contributed by atoms with Gasteiger partial charge in [-0.2, -0.15) is 0 Å². The molecule has 4 amide bonds. The molecule has 3 aliphatic rings. The fraction of sp³-hybridized carbons (Fsp3) is 0.556. The first kappa shape index (κ1) is 26.1. The lowest BCUT2D eigenvalue weighted by Gasteiger charge is -2.37. The number of nitrogens with zero attached hydrogens (tertiary/aromatic N) is 2. The summed E-state index contributed by atoms with van der Waals surface area (Å²) in [5.41, 5.74) is 4.79. The third-order valence-electron chi connectivity index (χ3n) is 8.49. The maximum absolute atomic E-state index is 14.2. The van der Waals surface area contributed by atoms with Gasteiger partial charge in [0.15, 0.2) is 0 Å². The molecule has 4 N–H and O–H groups in total. The Morgan fingerprint density at radius 3 is 2.45 bits per heavy atom. The van der Waals surface area contributed by atoms with Crippen LogP contribution < -0.4 is 11.1 Å². The van der Waals surface area contributed by atoms with Gasteiger partial charge in [0.2, 0.25) is 17.7 Å². The lowest BCUT2D eigenvalue weighted by atomic mass is 9.75. The highest BCUT2D eigenvalue weighted by Crippen LogP contribution is 2.51. The molecule has 1 aromatic carbocycles. The average molecular weight is 530 g/mol. The quantitative estimate of drug-likeness (QED) is 0.531. The van der Waals surface area contributed by atoms with E-state index in [0.717, 1.165) is 31.4 Å². The van der Waals surface area contributed by atoms with Crippen LogP contribution in [-0.2, 0) is 14.4 Å². The molecule has 0 radical (unpaired) electrons. The van der Waals surface area contributed by atoms with Gasteiger partial charge >= 0.3 is 0 Å². The van der Waals surface area contributed by atoms with Crippen LogP contribution in [-0.4, -0.2) is 69.6 Å². The third kappa shape index (κ3) is 4.41. The number of H-pyrrole nitrogens is 1. The molecule has 1 saturated carbocycles. The molecule has 1 aromatic heterocycles. The summed E-state index contributed by atoms with van der Waals surface area (Å²) in [4.78, 5) is 58.5. The predicted octanol–water partition coefficient (Wildman–Crippen LogP) is 2.45. The Kier molecular flexibility index (Phi) is 6.23. The summed E-state index contributed by atoms with van der Waals surface area (Å²) in [5.74, 6) is -3.49. The van der Waals surface area contributed by atoms with Crippen LogP contribution >= 0.6 is 0 Å². The molecule has 2 spiro atoms. The molecule has 1 aliphatic carbocycles. The zero-order chi connectivity index (χ0) is 27.6. The number of rotatable bonds is 6. The zero-order valence-electron chi connectivity index (χ0n) is 21.8. The minimum absolute atomic E-state index is 0.000658. The largest absolute Gasteiger partial charge is 0.368 e. The number of halogens is 2. The van der Waals surface area contributed by atoms with Crippen molar-refractivity contribution in [2.75, 3.05) is 13.6 Å². The maximum atomic E-state index is 14.2. The summed E-state index contributed by atoms with van der Waals surface area (Å²) in [5, 5.41) is 3.17. The van der Waals surface area contributed by atoms with Crippen LogP contribution in [0.3, 0.4) is 0 Å². The van der Waals surface area contributed by atoms with Gasteiger partial charge in [0.1, 0.15) is 29.4 Å². The number of aromatic nitrogens is 1. The molecule has 2 saturated heterocycles. The molecule has 204 valence electrons. The van der Waals surface area contributed by atoms with E-state index in [1.165, 1.54) is 22.9 Å². The van der Waals surface area contributed by atoms with Crippen molar-refractivity contribution in [3.8, 4) is 0 Å². The van der Waals surface area contributed by atoms with Gasteiger partial charge in [-0.1, -0.05) is 13.8 Å². The molecule has 2 aliphatic heterocycles. The summed E-state index contributed by atoms with van der Waals surface area (Å²) in [7, 11) is 1.46. The van der Waals surface area contributed by atoms with E-state index in [0.29, 0.717) is 6.42 Å². The first-order valence-corrected chi connectivity index (χ1v) is 13.0. The summed E-state index contributed by atoms with van der Waals surface area (Å²) in [6.07, 6.45) is 3.66. The molecular formula is C27H33F2N5O4. The highest BCUT2D eigenvalue weighted by molar-refractivity contribution is 6.01. The Balaban J connectivity index is 1.42. The van der Waals surface area contributed by atoms with Gasteiger partial charge in [-0.3, -0.25) is 19.2 Å². The van der Waals surface area contributed by atoms with E-state index in [-0.39, 0.29) is 53.3 Å². The fourth-order valence-corrected chi connectivity index (χ4v) is 6.04. The number of fused-ring (bicyclic) bond motifs is 1. The second-order valence-electron chi connectivity index (χ2n) is 11.7. The molecule has 0 unspecified atom stereocenters. The highest BCUT2D eigenvalue weighted by Gasteiger charge is 2.59. The minimum atomic E-state index is -0.968. The highest BCUT2D eigenvalue weighted by atomic mass is 19.1. The van der Waals surface area contributed by atoms with E-state index in [1.807, 2.05) is 13.8 Å². The fourth-order valence-electron chi connectivity index (χ4n) is 6.04. The van der Waals surface area contributed by atoms with Crippen molar-refractivity contribution in [2.24, 2.45) is 17.1 Å². The Morgan fingerprint density at radius 2 is 1.84 bits per heavy atom. The third-order valence-corrected chi connectivity index (χ3v) is 8.49. The summed E-state index contributed by atoms with van der Waals surface area (Å²) < 4.78 is 27.9. The van der Waals surface area contributed by atoms with Crippen LogP contribution in [0.5, 0.6) is 0 Å². The maximum Gasteiger partial charge on any atom is 0.270 e. The number of likely N-dealkylation sites (N-methyl/N-ethyl adjacent to an activating group) is 1. The van der Waals surface area contributed by atoms with Crippen molar-refractivity contribution in [1.29, 1.82) is 0 Å². The van der Waals surface area contributed by atoms with Crippen molar-refractivity contribution in [1.82, 2.24) is 20.1 Å². The molecule has 11 heteroatoms. The zero-order valence-corrected chi connectivity index (χ0v) is 21.8. The minimum Gasteiger partial charge on any atom is -0.368 e. The number of benzene rings is 1. The number of nitrogens with two attached hydrogens (primary N) is 1. The van der Waals surface area contributed by atoms with E-state index in [9.17, 15) is 28.0 Å². The number of aromatic amines is 1. The number of piperidine rings is 1. The first-order valence-electron chi connectivity index (χ1n) is 13.0. The second kappa shape index (κ2) is 9.06. The van der Waals surface area contributed by atoms with Gasteiger partial charge < -0.3 is 25.8 Å². The van der Waals surface area contributed by atoms with Gasteiger partial charge in [0.25, 0.3) is 5.91 Å². The summed E-state index contributed by atoms with van der Waals surface area (Å²) >= 11 is 0. The van der Waals surface area contributed by atoms with E-state index < -0.39 is 46.9 Å². The van der Waals surface area contributed by atoms with Crippen LogP contribution in [0.2, 0.25) is 0 Å². The number of carbonyl (C=O) groups is 4. The van der Waals surface area contributed by atoms with Crippen molar-refractivity contribution in [3.63, 3.8) is 0 Å². The molecule has 5 rings (SSSR count). The summed E-state index contributed by atoms with van der Waals surface area (Å²) in [6, 6.07) is 1.18. The molecule has 3 heterocycles. The second-order valence-corrected chi connectivity index (χ2v) is 11.7. The van der Waals surface area contributed by atoms with Crippen molar-refractivity contribution in [3.05, 3.63) is 35.5 Å². The van der Waals surface area contributed by atoms with Gasteiger partial charge in [0, 0.05) is 30.6 Å². The van der Waals surface area contributed by atoms with Gasteiger partial charge in [-0.25, -0.2) is 8.78 Å². The molecule has 2 aromatic rings. The van der Waals surface area contributed by atoms with Crippen molar-refractivity contribution >= 4 is 34.5 Å². The van der Waals surface area contributed by atoms with E-state index in [4.69, 9.17) is 5.73 Å². The van der Waals surface area contributed by atoms with E-state index in [2.05, 4.69) is 10.3 Å². The number of nitrogens with one attached hydrogen (secondary N) is 2. The number of amides is 4. The Morgan fingerprint density at radius 1 is 1.16 bits per heavy atom. The van der Waals surface area contributed by atoms with Crippen LogP contribution in [0.1, 0.15) is 62.9 Å². The van der Waals surface area contributed by atoms with Crippen LogP contribution in [0.15, 0.2) is 18.2 Å². The van der Waals surface area contributed by atoms with Crippen LogP contribution in [0.25, 0.3) is 10.9 Å². The molecule has 3 atom stereocenters. The van der Waals surface area contributed by atoms with Crippen molar-refractivity contribution in [2.45, 2.75) is 70.0 Å². The standard InChI is InChI=1S/C27H33F2N5O4/c1-14(2)8-20(33(3)23(36)19-11-16-17(29)9-15(28)10-18(16)31-19)24(37)34-13-26(12-21(34)22(30)35)4-5-27(6-7-27)32-25(26)38/h9-11,14,20-21,31H,4-8,12-13H2,1-3H3,(H2,30,35)(H,32,38)/t20-,21-,26-/m0/s1. The SMILES string of the molecule is CC(C)C[C@@H](C(=O)N1C[C@]2(CCC3(CC3)NC2=O)C[C@H]1C(N)=O)N(C)C(=O)c1cc2c(F)cc(F)cc2[nH]1. The monoisotopic (exact) mass is 529 g/mol. The lowest BCUT2D eigenvalue weighted by Crippen LogP contribution is -2.55. The van der Waals surface area contributed by atoms with Gasteiger partial charge in [-0.05, 0) is 56.6 Å².